The minimum absolute atomic E-state index is 0.0239. The number of esters is 1. The highest BCUT2D eigenvalue weighted by Crippen LogP contribution is 2.44. The summed E-state index contributed by atoms with van der Waals surface area (Å²) in [5.74, 6) is -0.149. The highest BCUT2D eigenvalue weighted by Gasteiger charge is 2.44. The summed E-state index contributed by atoms with van der Waals surface area (Å²) in [5.41, 5.74) is 4.29. The molecule has 2 unspecified atom stereocenters. The Bertz CT molecular complexity index is 1200. The van der Waals surface area contributed by atoms with E-state index in [1.54, 1.807) is 5.01 Å². The summed E-state index contributed by atoms with van der Waals surface area (Å²) in [6.45, 7) is 1.65. The maximum Gasteiger partial charge on any atom is 0.308 e. The first-order valence-corrected chi connectivity index (χ1v) is 13.6. The van der Waals surface area contributed by atoms with Gasteiger partial charge >= 0.3 is 5.97 Å². The number of likely N-dealkylation sites (tertiary alicyclic amines) is 1. The summed E-state index contributed by atoms with van der Waals surface area (Å²) >= 11 is 12.3. The summed E-state index contributed by atoms with van der Waals surface area (Å²) in [7, 11) is 1.43. The van der Waals surface area contributed by atoms with E-state index in [1.165, 1.54) is 12.7 Å². The van der Waals surface area contributed by atoms with Crippen molar-refractivity contribution in [2.75, 3.05) is 26.7 Å². The lowest BCUT2D eigenvalue weighted by Gasteiger charge is -2.33. The molecular weight excluding hydrogens is 509 g/mol. The SMILES string of the molecule is COC(=O)C1CCN(CC(=O)N2N=C3C(=Cc4ccc(Cl)cc4)CCCC3C2c2ccc(Cl)cc2)CC1. The Morgan fingerprint density at radius 2 is 1.65 bits per heavy atom. The van der Waals surface area contributed by atoms with Crippen LogP contribution in [0.2, 0.25) is 10.0 Å². The fraction of sp³-hybridized carbons (Fsp3) is 0.414. The van der Waals surface area contributed by atoms with Crippen LogP contribution in [0.1, 0.15) is 49.3 Å². The molecule has 2 heterocycles. The fourth-order valence-electron chi connectivity index (χ4n) is 5.72. The summed E-state index contributed by atoms with van der Waals surface area (Å²) in [6.07, 6.45) is 6.51. The lowest BCUT2D eigenvalue weighted by atomic mass is 9.77. The van der Waals surface area contributed by atoms with Crippen molar-refractivity contribution in [1.29, 1.82) is 0 Å². The second-order valence-electron chi connectivity index (χ2n) is 10.0. The molecule has 1 amide bonds. The number of hydrogen-bond acceptors (Lipinski definition) is 5. The minimum Gasteiger partial charge on any atom is -0.469 e. The highest BCUT2D eigenvalue weighted by molar-refractivity contribution is 6.30. The molecule has 0 bridgehead atoms. The quantitative estimate of drug-likeness (QED) is 0.437. The van der Waals surface area contributed by atoms with Gasteiger partial charge in [0.15, 0.2) is 0 Å². The fourth-order valence-corrected chi connectivity index (χ4v) is 5.97. The number of carbonyl (C=O) groups excluding carboxylic acids is 2. The van der Waals surface area contributed by atoms with Crippen LogP contribution in [0.4, 0.5) is 0 Å². The van der Waals surface area contributed by atoms with Gasteiger partial charge in [-0.05, 0) is 92.2 Å². The van der Waals surface area contributed by atoms with E-state index in [4.69, 9.17) is 33.0 Å². The van der Waals surface area contributed by atoms with Crippen molar-refractivity contribution in [2.24, 2.45) is 16.9 Å². The van der Waals surface area contributed by atoms with E-state index in [0.29, 0.717) is 36.0 Å². The van der Waals surface area contributed by atoms with E-state index < -0.39 is 0 Å². The molecule has 0 spiro atoms. The van der Waals surface area contributed by atoms with Gasteiger partial charge in [-0.1, -0.05) is 47.5 Å². The number of rotatable bonds is 5. The predicted octanol–water partition coefficient (Wildman–Crippen LogP) is 6.00. The van der Waals surface area contributed by atoms with E-state index in [0.717, 1.165) is 36.1 Å². The minimum atomic E-state index is -0.165. The molecule has 37 heavy (non-hydrogen) atoms. The van der Waals surface area contributed by atoms with E-state index in [-0.39, 0.29) is 36.3 Å². The predicted molar refractivity (Wildman–Crippen MR) is 146 cm³/mol. The van der Waals surface area contributed by atoms with Gasteiger partial charge in [0, 0.05) is 16.0 Å². The molecule has 5 rings (SSSR count). The van der Waals surface area contributed by atoms with E-state index in [1.807, 2.05) is 48.5 Å². The van der Waals surface area contributed by atoms with Gasteiger partial charge in [-0.2, -0.15) is 5.10 Å². The van der Waals surface area contributed by atoms with Gasteiger partial charge in [-0.15, -0.1) is 0 Å². The summed E-state index contributed by atoms with van der Waals surface area (Å²) in [6, 6.07) is 15.4. The van der Waals surface area contributed by atoms with E-state index in [9.17, 15) is 9.59 Å². The molecular formula is C29H31Cl2N3O3. The van der Waals surface area contributed by atoms with Gasteiger partial charge in [-0.3, -0.25) is 14.5 Å². The van der Waals surface area contributed by atoms with Gasteiger partial charge in [0.2, 0.25) is 0 Å². The zero-order valence-corrected chi connectivity index (χ0v) is 22.4. The average molecular weight is 540 g/mol. The van der Waals surface area contributed by atoms with Crippen molar-refractivity contribution in [3.8, 4) is 0 Å². The number of ether oxygens (including phenoxy) is 1. The van der Waals surface area contributed by atoms with Crippen molar-refractivity contribution >= 4 is 46.9 Å². The standard InChI is InChI=1S/C29H31Cl2N3O3/c1-37-29(36)21-13-15-33(16-14-21)18-26(35)34-28(20-7-11-24(31)12-8-20)25-4-2-3-22(27(25)32-34)17-19-5-9-23(30)10-6-19/h5-12,17,21,25,28H,2-4,13-16,18H2,1H3. The van der Waals surface area contributed by atoms with Crippen molar-refractivity contribution in [3.63, 3.8) is 0 Å². The second kappa shape index (κ2) is 11.4. The molecule has 2 fully saturated rings. The Hall–Kier alpha value is -2.67. The molecule has 2 atom stereocenters. The van der Waals surface area contributed by atoms with Crippen molar-refractivity contribution in [1.82, 2.24) is 9.91 Å². The number of hydrogen-bond donors (Lipinski definition) is 0. The number of halogens is 2. The van der Waals surface area contributed by atoms with Crippen LogP contribution in [0.15, 0.2) is 59.2 Å². The maximum absolute atomic E-state index is 13.7. The molecule has 3 aliphatic rings. The van der Waals surface area contributed by atoms with Gasteiger partial charge in [0.1, 0.15) is 0 Å². The first-order chi connectivity index (χ1) is 17.9. The third kappa shape index (κ3) is 5.77. The molecule has 1 saturated heterocycles. The summed E-state index contributed by atoms with van der Waals surface area (Å²) < 4.78 is 4.90. The molecule has 0 aromatic heterocycles. The van der Waals surface area contributed by atoms with Gasteiger partial charge in [0.05, 0.1) is 31.3 Å². The van der Waals surface area contributed by atoms with Crippen LogP contribution in [0.25, 0.3) is 6.08 Å². The van der Waals surface area contributed by atoms with E-state index in [2.05, 4.69) is 11.0 Å². The zero-order chi connectivity index (χ0) is 25.9. The zero-order valence-electron chi connectivity index (χ0n) is 20.9. The van der Waals surface area contributed by atoms with E-state index >= 15 is 0 Å². The molecule has 1 saturated carbocycles. The van der Waals surface area contributed by atoms with Crippen LogP contribution in [0, 0.1) is 11.8 Å². The Balaban J connectivity index is 1.40. The number of nitrogens with zero attached hydrogens (tertiary/aromatic N) is 3. The van der Waals surface area contributed by atoms with Crippen molar-refractivity contribution in [3.05, 3.63) is 75.3 Å². The number of amides is 1. The smallest absolute Gasteiger partial charge is 0.308 e. The number of hydrazone groups is 1. The number of fused-ring (bicyclic) bond motifs is 1. The number of benzene rings is 2. The molecule has 2 aromatic rings. The van der Waals surface area contributed by atoms with Crippen LogP contribution in [0.5, 0.6) is 0 Å². The first-order valence-electron chi connectivity index (χ1n) is 12.9. The molecule has 6 nitrogen and oxygen atoms in total. The molecule has 2 aromatic carbocycles. The van der Waals surface area contributed by atoms with Gasteiger partial charge in [-0.25, -0.2) is 5.01 Å². The molecule has 0 N–H and O–H groups in total. The topological polar surface area (TPSA) is 62.2 Å². The normalized spacial score (nSPS) is 23.6. The third-order valence-electron chi connectivity index (χ3n) is 7.66. The Labute approximate surface area is 227 Å². The van der Waals surface area contributed by atoms with Gasteiger partial charge in [0.25, 0.3) is 5.91 Å². The average Bonchev–Trinajstić information content (AvgIpc) is 3.31. The number of piperidine rings is 1. The van der Waals surface area contributed by atoms with Crippen LogP contribution >= 0.6 is 23.2 Å². The lowest BCUT2D eigenvalue weighted by Crippen LogP contribution is -2.43. The molecule has 0 radical (unpaired) electrons. The van der Waals surface area contributed by atoms with Crippen LogP contribution in [0.3, 0.4) is 0 Å². The highest BCUT2D eigenvalue weighted by atomic mass is 35.5. The Morgan fingerprint density at radius 3 is 2.30 bits per heavy atom. The van der Waals surface area contributed by atoms with Crippen LogP contribution in [-0.4, -0.2) is 54.2 Å². The lowest BCUT2D eigenvalue weighted by molar-refractivity contribution is -0.147. The largest absolute Gasteiger partial charge is 0.469 e. The van der Waals surface area contributed by atoms with Crippen LogP contribution < -0.4 is 0 Å². The Kier molecular flexibility index (Phi) is 7.98. The van der Waals surface area contributed by atoms with Crippen molar-refractivity contribution < 1.29 is 14.3 Å². The summed E-state index contributed by atoms with van der Waals surface area (Å²) in [4.78, 5) is 27.7. The Morgan fingerprint density at radius 1 is 1.00 bits per heavy atom. The third-order valence-corrected chi connectivity index (χ3v) is 8.16. The van der Waals surface area contributed by atoms with Crippen LogP contribution in [-0.2, 0) is 14.3 Å². The number of methoxy groups -OCH3 is 1. The maximum atomic E-state index is 13.7. The first kappa shape index (κ1) is 26.0. The van der Waals surface area contributed by atoms with Gasteiger partial charge < -0.3 is 4.74 Å². The number of carbonyl (C=O) groups is 2. The molecule has 8 heteroatoms. The second-order valence-corrected chi connectivity index (χ2v) is 10.9. The molecule has 2 aliphatic heterocycles. The monoisotopic (exact) mass is 539 g/mol. The summed E-state index contributed by atoms with van der Waals surface area (Å²) in [5, 5.41) is 8.06. The molecule has 1 aliphatic carbocycles. The number of allylic oxidation sites excluding steroid dienone is 1. The molecule has 194 valence electrons. The van der Waals surface area contributed by atoms with Crippen molar-refractivity contribution in [2.45, 2.75) is 38.1 Å².